The highest BCUT2D eigenvalue weighted by atomic mass is 16.5. The van der Waals surface area contributed by atoms with Gasteiger partial charge in [0.2, 0.25) is 0 Å². The normalized spacial score (nSPS) is 9.64. The Morgan fingerprint density at radius 3 is 1.39 bits per heavy atom. The Morgan fingerprint density at radius 1 is 0.636 bits per heavy atom. The van der Waals surface area contributed by atoms with Gasteiger partial charge < -0.3 is 57.7 Å². The number of carbonyl (C=O) groups is 2. The van der Waals surface area contributed by atoms with Crippen LogP contribution in [0.15, 0.2) is 84.9 Å². The highest BCUT2D eigenvalue weighted by Gasteiger charge is 2.10. The lowest BCUT2D eigenvalue weighted by molar-refractivity contribution is 0.0482. The molecule has 0 fully saturated rings. The van der Waals surface area contributed by atoms with Crippen molar-refractivity contribution in [3.63, 3.8) is 0 Å². The minimum Gasteiger partial charge on any atom is -0.508 e. The van der Waals surface area contributed by atoms with Crippen molar-refractivity contribution in [2.75, 3.05) is 57.3 Å². The van der Waals surface area contributed by atoms with E-state index >= 15 is 0 Å². The van der Waals surface area contributed by atoms with Gasteiger partial charge in [-0.3, -0.25) is 0 Å². The summed E-state index contributed by atoms with van der Waals surface area (Å²) in [7, 11) is 5.17. The van der Waals surface area contributed by atoms with Crippen LogP contribution in [0.4, 0.5) is 22.7 Å². The molecule has 0 aromatic heterocycles. The summed E-state index contributed by atoms with van der Waals surface area (Å²) in [5.74, 6) is -0.911. The Balaban J connectivity index is 0.000000300. The minimum atomic E-state index is -0.400. The number of hydrogen-bond donors (Lipinski definition) is 8. The first kappa shape index (κ1) is 36.2. The first-order valence-electron chi connectivity index (χ1n) is 12.9. The Kier molecular flexibility index (Phi) is 15.3. The maximum absolute atomic E-state index is 11.5. The third kappa shape index (κ3) is 13.2. The third-order valence-electron chi connectivity index (χ3n) is 5.35. The van der Waals surface area contributed by atoms with Crippen molar-refractivity contribution in [3.05, 3.63) is 96.1 Å². The maximum atomic E-state index is 11.5. The summed E-state index contributed by atoms with van der Waals surface area (Å²) in [6.07, 6.45) is 0. The highest BCUT2D eigenvalue weighted by molar-refractivity contribution is 5.95. The van der Waals surface area contributed by atoms with Crippen LogP contribution in [0, 0.1) is 0 Å². The molecule has 0 radical (unpaired) electrons. The van der Waals surface area contributed by atoms with Crippen molar-refractivity contribution in [3.8, 4) is 23.0 Å². The van der Waals surface area contributed by atoms with Crippen LogP contribution in [-0.4, -0.2) is 71.6 Å². The van der Waals surface area contributed by atoms with Crippen LogP contribution in [-0.2, 0) is 9.47 Å². The molecule has 236 valence electrons. The molecule has 0 amide bonds. The second kappa shape index (κ2) is 18.6. The molecule has 13 nitrogen and oxygen atoms in total. The van der Waals surface area contributed by atoms with Crippen molar-refractivity contribution in [2.24, 2.45) is 0 Å². The maximum Gasteiger partial charge on any atom is 0.340 e. The van der Waals surface area contributed by atoms with Gasteiger partial charge in [-0.25, -0.2) is 9.59 Å². The number of methoxy groups -OCH3 is 1. The Bertz CT molecular complexity index is 1450. The number of nitrogens with two attached hydrogens (primary N) is 4. The van der Waals surface area contributed by atoms with E-state index in [1.807, 2.05) is 19.0 Å². The van der Waals surface area contributed by atoms with E-state index in [4.69, 9.17) is 48.1 Å². The van der Waals surface area contributed by atoms with Crippen LogP contribution in [0.5, 0.6) is 23.0 Å². The molecular weight excluding hydrogens is 570 g/mol. The number of phenolic OH excluding ortho intramolecular Hbond substituents is 4. The summed E-state index contributed by atoms with van der Waals surface area (Å²) in [5.41, 5.74) is 23.9. The summed E-state index contributed by atoms with van der Waals surface area (Å²) in [4.78, 5) is 24.4. The fourth-order valence-electron chi connectivity index (χ4n) is 2.94. The number of rotatable bonds is 5. The SMILES string of the molecule is CN(C)CCOC(=O)c1ccccc1N.COC(=O)c1ccccc1N.Nc1ccc(O)cc1O.Nc1ccc(O)cc1O. The van der Waals surface area contributed by atoms with E-state index in [0.29, 0.717) is 35.7 Å². The summed E-state index contributed by atoms with van der Waals surface area (Å²) in [6.45, 7) is 1.08. The number of benzene rings is 4. The molecule has 0 saturated carbocycles. The van der Waals surface area contributed by atoms with Gasteiger partial charge in [-0.05, 0) is 62.6 Å². The monoisotopic (exact) mass is 609 g/mol. The van der Waals surface area contributed by atoms with Crippen LogP contribution < -0.4 is 22.9 Å². The molecule has 0 spiro atoms. The molecule has 44 heavy (non-hydrogen) atoms. The average Bonchev–Trinajstić information content (AvgIpc) is 2.98. The van der Waals surface area contributed by atoms with Gasteiger partial charge in [0.1, 0.15) is 29.6 Å². The number of nitrogens with zero attached hydrogens (tertiary/aromatic N) is 1. The van der Waals surface area contributed by atoms with Crippen molar-refractivity contribution >= 4 is 34.7 Å². The number of carbonyl (C=O) groups excluding carboxylic acids is 2. The van der Waals surface area contributed by atoms with Gasteiger partial charge in [-0.1, -0.05) is 24.3 Å². The number of hydrogen-bond acceptors (Lipinski definition) is 13. The van der Waals surface area contributed by atoms with Gasteiger partial charge in [0, 0.05) is 30.1 Å². The molecular formula is C31H39N5O8. The number of phenols is 4. The van der Waals surface area contributed by atoms with E-state index in [1.165, 1.54) is 43.5 Å². The molecule has 0 atom stereocenters. The first-order chi connectivity index (χ1) is 20.8. The number of ether oxygens (including phenoxy) is 2. The quantitative estimate of drug-likeness (QED) is 0.0701. The van der Waals surface area contributed by atoms with E-state index < -0.39 is 5.97 Å². The largest absolute Gasteiger partial charge is 0.508 e. The molecule has 0 unspecified atom stereocenters. The predicted octanol–water partition coefficient (Wildman–Crippen LogP) is 3.40. The lowest BCUT2D eigenvalue weighted by Crippen LogP contribution is -2.20. The minimum absolute atomic E-state index is 0.0155. The van der Waals surface area contributed by atoms with Gasteiger partial charge >= 0.3 is 11.9 Å². The fraction of sp³-hybridized carbons (Fsp3) is 0.161. The van der Waals surface area contributed by atoms with E-state index in [2.05, 4.69) is 4.74 Å². The molecule has 13 heteroatoms. The number of anilines is 4. The van der Waals surface area contributed by atoms with E-state index in [-0.39, 0.29) is 40.3 Å². The molecule has 0 aliphatic heterocycles. The van der Waals surface area contributed by atoms with Crippen LogP contribution in [0.1, 0.15) is 20.7 Å². The molecule has 0 aliphatic rings. The number of likely N-dealkylation sites (N-methyl/N-ethyl adjacent to an activating group) is 1. The standard InChI is InChI=1S/C11H16N2O2.C8H9NO2.2C6H7NO2/c1-13(2)7-8-15-11(14)9-5-3-4-6-10(9)12;1-11-8(10)6-4-2-3-5-7(6)9;2*7-5-2-1-4(8)3-6(5)9/h3-6H,7-8,12H2,1-2H3;2-5H,9H2,1H3;2*1-3,8-9H,7H2. The first-order valence-corrected chi connectivity index (χ1v) is 12.9. The van der Waals surface area contributed by atoms with Gasteiger partial charge in [-0.15, -0.1) is 0 Å². The van der Waals surface area contributed by atoms with E-state index in [1.54, 1.807) is 48.5 Å². The fourth-order valence-corrected chi connectivity index (χ4v) is 2.94. The van der Waals surface area contributed by atoms with Crippen molar-refractivity contribution < 1.29 is 39.5 Å². The molecule has 0 aliphatic carbocycles. The van der Waals surface area contributed by atoms with Crippen LogP contribution in [0.25, 0.3) is 0 Å². The van der Waals surface area contributed by atoms with Gasteiger partial charge in [-0.2, -0.15) is 0 Å². The van der Waals surface area contributed by atoms with Gasteiger partial charge in [0.15, 0.2) is 0 Å². The zero-order chi connectivity index (χ0) is 33.2. The Hall–Kier alpha value is -5.82. The van der Waals surface area contributed by atoms with E-state index in [9.17, 15) is 9.59 Å². The number of para-hydroxylation sites is 2. The zero-order valence-electron chi connectivity index (χ0n) is 24.7. The summed E-state index contributed by atoms with van der Waals surface area (Å²) in [6, 6.07) is 21.8. The smallest absolute Gasteiger partial charge is 0.340 e. The van der Waals surface area contributed by atoms with Crippen molar-refractivity contribution in [1.29, 1.82) is 0 Å². The number of aromatic hydroxyl groups is 4. The lowest BCUT2D eigenvalue weighted by Gasteiger charge is -2.10. The van der Waals surface area contributed by atoms with Gasteiger partial charge in [0.05, 0.1) is 29.6 Å². The third-order valence-corrected chi connectivity index (χ3v) is 5.35. The molecule has 0 heterocycles. The Morgan fingerprint density at radius 2 is 1.05 bits per heavy atom. The molecule has 0 saturated heterocycles. The number of esters is 2. The summed E-state index contributed by atoms with van der Waals surface area (Å²) < 4.78 is 9.56. The van der Waals surface area contributed by atoms with Crippen LogP contribution in [0.2, 0.25) is 0 Å². The molecule has 12 N–H and O–H groups in total. The van der Waals surface area contributed by atoms with Gasteiger partial charge in [0.25, 0.3) is 0 Å². The van der Waals surface area contributed by atoms with Crippen molar-refractivity contribution in [1.82, 2.24) is 4.90 Å². The molecule has 4 rings (SSSR count). The average molecular weight is 610 g/mol. The van der Waals surface area contributed by atoms with Crippen molar-refractivity contribution in [2.45, 2.75) is 0 Å². The van der Waals surface area contributed by atoms with E-state index in [0.717, 1.165) is 0 Å². The molecule has 4 aromatic rings. The zero-order valence-corrected chi connectivity index (χ0v) is 24.7. The van der Waals surface area contributed by atoms with Crippen LogP contribution in [0.3, 0.4) is 0 Å². The summed E-state index contributed by atoms with van der Waals surface area (Å²) >= 11 is 0. The topological polar surface area (TPSA) is 241 Å². The highest BCUT2D eigenvalue weighted by Crippen LogP contribution is 2.24. The second-order valence-corrected chi connectivity index (χ2v) is 9.09. The second-order valence-electron chi connectivity index (χ2n) is 9.09. The Labute approximate surface area is 255 Å². The predicted molar refractivity (Wildman–Crippen MR) is 170 cm³/mol. The molecule has 0 bridgehead atoms. The van der Waals surface area contributed by atoms with Crippen LogP contribution >= 0.6 is 0 Å². The summed E-state index contributed by atoms with van der Waals surface area (Å²) in [5, 5.41) is 35.1. The molecule has 4 aromatic carbocycles. The lowest BCUT2D eigenvalue weighted by atomic mass is 10.2. The number of nitrogen functional groups attached to an aromatic ring is 4.